The molecule has 45 heavy (non-hydrogen) atoms. The van der Waals surface area contributed by atoms with Crippen LogP contribution in [0.15, 0.2) is 67.0 Å². The average Bonchev–Trinajstić information content (AvgIpc) is 3.61. The number of anilines is 1. The fraction of sp³-hybridized carbons (Fsp3) is 0.412. The van der Waals surface area contributed by atoms with E-state index >= 15 is 0 Å². The van der Waals surface area contributed by atoms with E-state index in [0.717, 1.165) is 60.2 Å². The zero-order valence-electron chi connectivity index (χ0n) is 26.1. The summed E-state index contributed by atoms with van der Waals surface area (Å²) in [4.78, 5) is 33.1. The van der Waals surface area contributed by atoms with Crippen LogP contribution in [0.1, 0.15) is 29.3 Å². The lowest BCUT2D eigenvalue weighted by molar-refractivity contribution is -0.155. The Labute approximate surface area is 263 Å². The molecule has 1 aromatic carbocycles. The molecule has 2 atom stereocenters. The number of ether oxygens (including phenoxy) is 1. The molecule has 0 saturated carbocycles. The van der Waals surface area contributed by atoms with Crippen LogP contribution in [0.25, 0.3) is 16.9 Å². The van der Waals surface area contributed by atoms with Gasteiger partial charge in [0.25, 0.3) is 0 Å². The molecule has 3 aromatic heterocycles. The standard InChI is InChI=1S/C34H40FN7O3/c1-24-30(21-29(43)19-27-23-41(17-18-44-3)45-34(27)25-11-12-36-31(35)20-25)42(28-7-5-4-6-8-28)38-33(24)26-9-10-32(37-22-26)40-15-13-39(2)14-16-40/h4-12,20,22,27,34H,13-19,21,23H2,1-3H3/t27-,34+/m1/s1. The number of methoxy groups -OCH3 is 1. The summed E-state index contributed by atoms with van der Waals surface area (Å²) in [5, 5.41) is 6.82. The molecule has 2 saturated heterocycles. The van der Waals surface area contributed by atoms with Gasteiger partial charge in [0.05, 0.1) is 23.7 Å². The first-order chi connectivity index (χ1) is 21.9. The number of hydrogen-bond acceptors (Lipinski definition) is 9. The summed E-state index contributed by atoms with van der Waals surface area (Å²) < 4.78 is 21.1. The molecule has 0 spiro atoms. The average molecular weight is 614 g/mol. The van der Waals surface area contributed by atoms with E-state index in [9.17, 15) is 9.18 Å². The number of rotatable bonds is 11. The minimum Gasteiger partial charge on any atom is -0.383 e. The van der Waals surface area contributed by atoms with Crippen molar-refractivity contribution in [1.82, 2.24) is 29.7 Å². The lowest BCUT2D eigenvalue weighted by Crippen LogP contribution is -2.44. The number of piperazine rings is 1. The number of carbonyl (C=O) groups excluding carboxylic acids is 1. The molecule has 0 amide bonds. The molecule has 236 valence electrons. The van der Waals surface area contributed by atoms with Gasteiger partial charge < -0.3 is 14.5 Å². The number of nitrogens with zero attached hydrogens (tertiary/aromatic N) is 7. The summed E-state index contributed by atoms with van der Waals surface area (Å²) in [6.45, 7) is 7.52. The van der Waals surface area contributed by atoms with E-state index in [2.05, 4.69) is 34.0 Å². The van der Waals surface area contributed by atoms with E-state index in [0.29, 0.717) is 25.3 Å². The number of aromatic nitrogens is 4. The summed E-state index contributed by atoms with van der Waals surface area (Å²) in [5.41, 5.74) is 5.05. The Balaban J connectivity index is 1.25. The second-order valence-corrected chi connectivity index (χ2v) is 11.9. The van der Waals surface area contributed by atoms with Crippen molar-refractivity contribution in [3.63, 3.8) is 0 Å². The van der Waals surface area contributed by atoms with Gasteiger partial charge in [-0.1, -0.05) is 18.2 Å². The van der Waals surface area contributed by atoms with Crippen molar-refractivity contribution in [2.24, 2.45) is 5.92 Å². The van der Waals surface area contributed by atoms with Crippen molar-refractivity contribution in [1.29, 1.82) is 0 Å². The van der Waals surface area contributed by atoms with Gasteiger partial charge in [-0.05, 0) is 61.5 Å². The van der Waals surface area contributed by atoms with Gasteiger partial charge in [0.2, 0.25) is 5.95 Å². The SMILES string of the molecule is COCCN1C[C@@H](CC(=O)Cc2c(C)c(-c3ccc(N4CCN(C)CC4)nc3)nn2-c2ccccc2)[C@H](c2ccnc(F)c2)O1. The molecule has 2 aliphatic heterocycles. The third-order valence-corrected chi connectivity index (χ3v) is 8.70. The molecule has 0 aliphatic carbocycles. The molecule has 5 heterocycles. The van der Waals surface area contributed by atoms with Crippen LogP contribution < -0.4 is 4.90 Å². The largest absolute Gasteiger partial charge is 0.383 e. The predicted molar refractivity (Wildman–Crippen MR) is 170 cm³/mol. The Morgan fingerprint density at radius 1 is 1.07 bits per heavy atom. The normalized spacial score (nSPS) is 19.3. The van der Waals surface area contributed by atoms with E-state index in [-0.39, 0.29) is 24.5 Å². The number of Topliss-reactive ketones (excluding diaryl/α,β-unsaturated/α-hetero) is 1. The van der Waals surface area contributed by atoms with Crippen molar-refractivity contribution in [3.8, 4) is 16.9 Å². The smallest absolute Gasteiger partial charge is 0.213 e. The molecule has 11 heteroatoms. The predicted octanol–water partition coefficient (Wildman–Crippen LogP) is 4.28. The fourth-order valence-electron chi connectivity index (χ4n) is 6.18. The highest BCUT2D eigenvalue weighted by molar-refractivity contribution is 5.82. The van der Waals surface area contributed by atoms with E-state index < -0.39 is 12.1 Å². The van der Waals surface area contributed by atoms with Crippen molar-refractivity contribution in [3.05, 3.63) is 89.8 Å². The van der Waals surface area contributed by atoms with Crippen molar-refractivity contribution in [2.45, 2.75) is 25.9 Å². The maximum Gasteiger partial charge on any atom is 0.213 e. The lowest BCUT2D eigenvalue weighted by atomic mass is 9.91. The lowest BCUT2D eigenvalue weighted by Gasteiger charge is -2.33. The monoisotopic (exact) mass is 613 g/mol. The van der Waals surface area contributed by atoms with Gasteiger partial charge in [0, 0.05) is 83.1 Å². The van der Waals surface area contributed by atoms with Crippen LogP contribution in [0.5, 0.6) is 0 Å². The highest BCUT2D eigenvalue weighted by Crippen LogP contribution is 2.37. The molecule has 6 rings (SSSR count). The van der Waals surface area contributed by atoms with Crippen molar-refractivity contribution in [2.75, 3.05) is 64.9 Å². The van der Waals surface area contributed by atoms with Crippen LogP contribution in [0.2, 0.25) is 0 Å². The molecule has 10 nitrogen and oxygen atoms in total. The molecular formula is C34H40FN7O3. The van der Waals surface area contributed by atoms with Gasteiger partial charge in [0.15, 0.2) is 0 Å². The number of para-hydroxylation sites is 1. The van der Waals surface area contributed by atoms with E-state index in [4.69, 9.17) is 19.7 Å². The van der Waals surface area contributed by atoms with Gasteiger partial charge in [-0.15, -0.1) is 0 Å². The maximum atomic E-state index is 14.0. The molecule has 2 fully saturated rings. The molecule has 0 bridgehead atoms. The Morgan fingerprint density at radius 2 is 1.87 bits per heavy atom. The van der Waals surface area contributed by atoms with Crippen molar-refractivity contribution < 1.29 is 18.8 Å². The molecule has 4 aromatic rings. The number of likely N-dealkylation sites (N-methyl/N-ethyl adjacent to an activating group) is 1. The Bertz CT molecular complexity index is 1590. The number of hydrogen-bond donors (Lipinski definition) is 0. The molecule has 0 N–H and O–H groups in total. The number of halogens is 1. The van der Waals surface area contributed by atoms with Gasteiger partial charge >= 0.3 is 0 Å². The number of carbonyl (C=O) groups is 1. The third kappa shape index (κ3) is 7.12. The first-order valence-corrected chi connectivity index (χ1v) is 15.5. The minimum atomic E-state index is -0.572. The van der Waals surface area contributed by atoms with Crippen LogP contribution >= 0.6 is 0 Å². The van der Waals surface area contributed by atoms with E-state index in [1.807, 2.05) is 48.1 Å². The van der Waals surface area contributed by atoms with Crippen LogP contribution in [0.3, 0.4) is 0 Å². The number of benzene rings is 1. The minimum absolute atomic E-state index is 0.0620. The molecule has 2 aliphatic rings. The van der Waals surface area contributed by atoms with Gasteiger partial charge in [0.1, 0.15) is 17.7 Å². The molecule has 0 radical (unpaired) electrons. The van der Waals surface area contributed by atoms with E-state index in [1.54, 1.807) is 18.2 Å². The van der Waals surface area contributed by atoms with Gasteiger partial charge in [-0.25, -0.2) is 14.6 Å². The zero-order chi connectivity index (χ0) is 31.3. The Morgan fingerprint density at radius 3 is 2.58 bits per heavy atom. The van der Waals surface area contributed by atoms with Gasteiger partial charge in [-0.3, -0.25) is 9.63 Å². The van der Waals surface area contributed by atoms with E-state index in [1.165, 1.54) is 12.3 Å². The van der Waals surface area contributed by atoms with Crippen LogP contribution in [-0.4, -0.2) is 95.5 Å². The number of hydroxylamine groups is 2. The second-order valence-electron chi connectivity index (χ2n) is 11.9. The fourth-order valence-corrected chi connectivity index (χ4v) is 6.18. The summed E-state index contributed by atoms with van der Waals surface area (Å²) in [6.07, 6.45) is 3.33. The number of pyridine rings is 2. The quantitative estimate of drug-likeness (QED) is 0.230. The highest BCUT2D eigenvalue weighted by atomic mass is 19.1. The summed E-state index contributed by atoms with van der Waals surface area (Å²) in [6, 6.07) is 17.1. The van der Waals surface area contributed by atoms with Crippen LogP contribution in [0.4, 0.5) is 10.2 Å². The number of ketones is 1. The first-order valence-electron chi connectivity index (χ1n) is 15.5. The van der Waals surface area contributed by atoms with Crippen LogP contribution in [-0.2, 0) is 20.8 Å². The Kier molecular flexibility index (Phi) is 9.60. The molecular weight excluding hydrogens is 573 g/mol. The highest BCUT2D eigenvalue weighted by Gasteiger charge is 2.37. The first kappa shape index (κ1) is 31.0. The Hall–Kier alpha value is -4.03. The zero-order valence-corrected chi connectivity index (χ0v) is 26.1. The third-order valence-electron chi connectivity index (χ3n) is 8.70. The maximum absolute atomic E-state index is 14.0. The van der Waals surface area contributed by atoms with Gasteiger partial charge in [-0.2, -0.15) is 14.6 Å². The summed E-state index contributed by atoms with van der Waals surface area (Å²) in [7, 11) is 3.78. The summed E-state index contributed by atoms with van der Waals surface area (Å²) >= 11 is 0. The summed E-state index contributed by atoms with van der Waals surface area (Å²) in [5.74, 6) is 0.296. The van der Waals surface area contributed by atoms with Crippen LogP contribution in [0, 0.1) is 18.8 Å². The molecule has 0 unspecified atom stereocenters. The topological polar surface area (TPSA) is 88.9 Å². The second kappa shape index (κ2) is 13.9. The van der Waals surface area contributed by atoms with Crippen molar-refractivity contribution >= 4 is 11.6 Å².